The number of hydrogen-bond acceptors (Lipinski definition) is 6. The molecule has 0 spiro atoms. The first-order chi connectivity index (χ1) is 15.4. The average molecular weight is 452 g/mol. The number of hydroxylamine groups is 1. The van der Waals surface area contributed by atoms with E-state index in [9.17, 15) is 23.2 Å². The second-order valence-electron chi connectivity index (χ2n) is 7.17. The van der Waals surface area contributed by atoms with Gasteiger partial charge in [0.2, 0.25) is 10.0 Å². The maximum Gasteiger partial charge on any atom is 0.343 e. The van der Waals surface area contributed by atoms with Crippen LogP contribution in [0.3, 0.4) is 0 Å². The molecule has 1 aliphatic rings. The largest absolute Gasteiger partial charge is 0.423 e. The van der Waals surface area contributed by atoms with E-state index in [1.165, 1.54) is 24.3 Å². The van der Waals surface area contributed by atoms with Crippen molar-refractivity contribution in [1.82, 2.24) is 9.79 Å². The zero-order valence-electron chi connectivity index (χ0n) is 16.8. The predicted molar refractivity (Wildman–Crippen MR) is 115 cm³/mol. The summed E-state index contributed by atoms with van der Waals surface area (Å²) < 4.78 is 33.0. The van der Waals surface area contributed by atoms with E-state index in [1.54, 1.807) is 47.9 Å². The molecule has 8 nitrogen and oxygen atoms in total. The van der Waals surface area contributed by atoms with Crippen molar-refractivity contribution in [2.24, 2.45) is 0 Å². The second kappa shape index (κ2) is 8.91. The lowest BCUT2D eigenvalue weighted by Crippen LogP contribution is -2.46. The molecule has 0 aliphatic carbocycles. The van der Waals surface area contributed by atoms with Crippen molar-refractivity contribution < 1.29 is 28.0 Å². The number of nitrogens with one attached hydrogen (secondary N) is 1. The Hall–Kier alpha value is -3.53. The Bertz CT molecular complexity index is 1240. The van der Waals surface area contributed by atoms with Crippen molar-refractivity contribution in [3.63, 3.8) is 0 Å². The van der Waals surface area contributed by atoms with Crippen LogP contribution in [0.25, 0.3) is 0 Å². The van der Waals surface area contributed by atoms with Gasteiger partial charge in [0.25, 0.3) is 5.91 Å². The molecule has 1 heterocycles. The molecular weight excluding hydrogens is 432 g/mol. The standard InChI is InChI=1S/C23H20N2O6S/c26-22(24-28)21-20-9-5-4-6-16(20)14-15-25(21)32(29,30)19-12-10-18(11-13-19)31-23(27)17-7-2-1-3-8-17/h1-13,21,28H,14-15H2,(H,24,26). The highest BCUT2D eigenvalue weighted by molar-refractivity contribution is 7.89. The molecule has 32 heavy (non-hydrogen) atoms. The number of carbonyl (C=O) groups excluding carboxylic acids is 2. The number of hydrogen-bond donors (Lipinski definition) is 2. The van der Waals surface area contributed by atoms with E-state index in [1.807, 2.05) is 12.1 Å². The second-order valence-corrected chi connectivity index (χ2v) is 9.06. The molecule has 0 saturated heterocycles. The summed E-state index contributed by atoms with van der Waals surface area (Å²) in [5, 5.41) is 9.21. The van der Waals surface area contributed by atoms with Gasteiger partial charge in [0.05, 0.1) is 10.5 Å². The molecule has 0 bridgehead atoms. The third-order valence-corrected chi connectivity index (χ3v) is 7.13. The molecule has 1 aliphatic heterocycles. The van der Waals surface area contributed by atoms with Crippen molar-refractivity contribution in [2.45, 2.75) is 17.4 Å². The van der Waals surface area contributed by atoms with Gasteiger partial charge in [0, 0.05) is 6.54 Å². The number of sulfonamides is 1. The quantitative estimate of drug-likeness (QED) is 0.266. The van der Waals surface area contributed by atoms with Gasteiger partial charge in [-0.05, 0) is 53.9 Å². The van der Waals surface area contributed by atoms with E-state index >= 15 is 0 Å². The molecule has 1 unspecified atom stereocenters. The van der Waals surface area contributed by atoms with Gasteiger partial charge in [-0.25, -0.2) is 18.7 Å². The molecule has 164 valence electrons. The Kier molecular flexibility index (Phi) is 6.04. The van der Waals surface area contributed by atoms with Crippen molar-refractivity contribution in [2.75, 3.05) is 6.54 Å². The topological polar surface area (TPSA) is 113 Å². The Balaban J connectivity index is 1.60. The molecule has 0 radical (unpaired) electrons. The number of benzene rings is 3. The molecule has 1 amide bonds. The number of carbonyl (C=O) groups is 2. The molecule has 9 heteroatoms. The zero-order chi connectivity index (χ0) is 22.7. The number of nitrogens with zero attached hydrogens (tertiary/aromatic N) is 1. The predicted octanol–water partition coefficient (Wildman–Crippen LogP) is 2.70. The summed E-state index contributed by atoms with van der Waals surface area (Å²) in [5.74, 6) is -1.21. The highest BCUT2D eigenvalue weighted by Crippen LogP contribution is 2.34. The molecule has 3 aromatic carbocycles. The molecule has 0 fully saturated rings. The average Bonchev–Trinajstić information content (AvgIpc) is 2.83. The van der Waals surface area contributed by atoms with E-state index in [0.29, 0.717) is 17.5 Å². The fourth-order valence-electron chi connectivity index (χ4n) is 3.69. The van der Waals surface area contributed by atoms with Gasteiger partial charge in [0.15, 0.2) is 0 Å². The van der Waals surface area contributed by atoms with Crippen LogP contribution in [0.15, 0.2) is 83.8 Å². The van der Waals surface area contributed by atoms with Crippen LogP contribution in [-0.2, 0) is 21.2 Å². The first-order valence-corrected chi connectivity index (χ1v) is 11.3. The van der Waals surface area contributed by atoms with E-state index in [0.717, 1.165) is 9.87 Å². The Labute approximate surface area is 185 Å². The fraction of sp³-hybridized carbons (Fsp3) is 0.130. The van der Waals surface area contributed by atoms with E-state index in [-0.39, 0.29) is 17.2 Å². The molecule has 1 atom stereocenters. The van der Waals surface area contributed by atoms with Gasteiger partial charge in [-0.1, -0.05) is 42.5 Å². The third kappa shape index (κ3) is 4.13. The van der Waals surface area contributed by atoms with E-state index in [4.69, 9.17) is 4.74 Å². The van der Waals surface area contributed by atoms with Crippen LogP contribution in [0.1, 0.15) is 27.5 Å². The lowest BCUT2D eigenvalue weighted by Gasteiger charge is -2.34. The summed E-state index contributed by atoms with van der Waals surface area (Å²) in [6.45, 7) is 0.0716. The summed E-state index contributed by atoms with van der Waals surface area (Å²) in [5.41, 5.74) is 3.30. The Morgan fingerprint density at radius 3 is 2.28 bits per heavy atom. The number of rotatable bonds is 5. The Morgan fingerprint density at radius 1 is 0.938 bits per heavy atom. The minimum Gasteiger partial charge on any atom is -0.423 e. The van der Waals surface area contributed by atoms with Gasteiger partial charge in [-0.3, -0.25) is 10.0 Å². The minimum absolute atomic E-state index is 0.0628. The zero-order valence-corrected chi connectivity index (χ0v) is 17.7. The van der Waals surface area contributed by atoms with Crippen LogP contribution >= 0.6 is 0 Å². The number of fused-ring (bicyclic) bond motifs is 1. The van der Waals surface area contributed by atoms with Crippen LogP contribution in [0, 0.1) is 0 Å². The first-order valence-electron chi connectivity index (χ1n) is 9.82. The van der Waals surface area contributed by atoms with Crippen molar-refractivity contribution >= 4 is 21.9 Å². The summed E-state index contributed by atoms with van der Waals surface area (Å²) in [4.78, 5) is 24.5. The minimum atomic E-state index is -4.09. The maximum absolute atomic E-state index is 13.3. The molecule has 0 saturated carbocycles. The third-order valence-electron chi connectivity index (χ3n) is 5.25. The molecule has 4 rings (SSSR count). The lowest BCUT2D eigenvalue weighted by molar-refractivity contribution is -0.133. The lowest BCUT2D eigenvalue weighted by atomic mass is 9.94. The van der Waals surface area contributed by atoms with Gasteiger partial charge in [-0.2, -0.15) is 4.31 Å². The number of esters is 1. The summed E-state index contributed by atoms with van der Waals surface area (Å²) >= 11 is 0. The molecule has 3 aromatic rings. The number of ether oxygens (including phenoxy) is 1. The Morgan fingerprint density at radius 2 is 1.59 bits per heavy atom. The summed E-state index contributed by atoms with van der Waals surface area (Å²) in [7, 11) is -4.09. The SMILES string of the molecule is O=C(Oc1ccc(S(=O)(=O)N2CCc3ccccc3C2C(=O)NO)cc1)c1ccccc1. The molecule has 0 aromatic heterocycles. The molecule has 2 N–H and O–H groups in total. The van der Waals surface area contributed by atoms with Gasteiger partial charge in [-0.15, -0.1) is 0 Å². The van der Waals surface area contributed by atoms with Crippen LogP contribution in [-0.4, -0.2) is 36.4 Å². The first kappa shape index (κ1) is 21.7. The highest BCUT2D eigenvalue weighted by Gasteiger charge is 2.40. The normalized spacial score (nSPS) is 16.1. The van der Waals surface area contributed by atoms with E-state index < -0.39 is 27.9 Å². The van der Waals surface area contributed by atoms with Crippen LogP contribution in [0.5, 0.6) is 5.75 Å². The van der Waals surface area contributed by atoms with Crippen molar-refractivity contribution in [3.05, 3.63) is 95.6 Å². The van der Waals surface area contributed by atoms with Gasteiger partial charge < -0.3 is 4.74 Å². The van der Waals surface area contributed by atoms with Crippen LogP contribution < -0.4 is 10.2 Å². The van der Waals surface area contributed by atoms with Gasteiger partial charge in [0.1, 0.15) is 11.8 Å². The van der Waals surface area contributed by atoms with Crippen molar-refractivity contribution in [1.29, 1.82) is 0 Å². The molecular formula is C23H20N2O6S. The fourth-order valence-corrected chi connectivity index (χ4v) is 5.26. The summed E-state index contributed by atoms with van der Waals surface area (Å²) in [6, 6.07) is 19.6. The number of amides is 1. The van der Waals surface area contributed by atoms with Crippen LogP contribution in [0.2, 0.25) is 0 Å². The van der Waals surface area contributed by atoms with Crippen LogP contribution in [0.4, 0.5) is 0 Å². The van der Waals surface area contributed by atoms with Crippen molar-refractivity contribution in [3.8, 4) is 5.75 Å². The van der Waals surface area contributed by atoms with Gasteiger partial charge >= 0.3 is 5.97 Å². The highest BCUT2D eigenvalue weighted by atomic mass is 32.2. The maximum atomic E-state index is 13.3. The smallest absolute Gasteiger partial charge is 0.343 e. The monoisotopic (exact) mass is 452 g/mol. The van der Waals surface area contributed by atoms with E-state index in [2.05, 4.69) is 0 Å². The summed E-state index contributed by atoms with van der Waals surface area (Å²) in [6.07, 6.45) is 0.428.